The van der Waals surface area contributed by atoms with E-state index in [-0.39, 0.29) is 5.69 Å². The second-order valence-corrected chi connectivity index (χ2v) is 4.05. The van der Waals surface area contributed by atoms with E-state index in [4.69, 9.17) is 0 Å². The lowest BCUT2D eigenvalue weighted by Gasteiger charge is -2.14. The van der Waals surface area contributed by atoms with E-state index in [0.717, 1.165) is 10.9 Å². The van der Waals surface area contributed by atoms with E-state index in [2.05, 4.69) is 10.3 Å². The predicted molar refractivity (Wildman–Crippen MR) is 65.6 cm³/mol. The fraction of sp³-hybridized carbons (Fsp3) is 0.308. The van der Waals surface area contributed by atoms with Crippen LogP contribution in [0.1, 0.15) is 18.2 Å². The third-order valence-corrected chi connectivity index (χ3v) is 2.71. The molecule has 0 aliphatic carbocycles. The van der Waals surface area contributed by atoms with Crippen LogP contribution in [0.15, 0.2) is 24.3 Å². The highest BCUT2D eigenvalue weighted by Gasteiger charge is 2.35. The third kappa shape index (κ3) is 2.25. The summed E-state index contributed by atoms with van der Waals surface area (Å²) in [4.78, 5) is 3.74. The van der Waals surface area contributed by atoms with Gasteiger partial charge in [0.05, 0.1) is 11.2 Å². The first-order valence-corrected chi connectivity index (χ1v) is 5.65. The minimum Gasteiger partial charge on any atom is -0.384 e. The minimum absolute atomic E-state index is 0.0341. The highest BCUT2D eigenvalue weighted by Crippen LogP contribution is 2.35. The molecule has 0 unspecified atom stereocenters. The summed E-state index contributed by atoms with van der Waals surface area (Å²) in [6, 6.07) is 6.67. The van der Waals surface area contributed by atoms with Gasteiger partial charge >= 0.3 is 6.18 Å². The van der Waals surface area contributed by atoms with Crippen molar-refractivity contribution < 1.29 is 13.2 Å². The predicted octanol–water partition coefficient (Wildman–Crippen LogP) is 3.99. The number of halogens is 3. The maximum absolute atomic E-state index is 12.9. The molecule has 0 saturated heterocycles. The van der Waals surface area contributed by atoms with Crippen molar-refractivity contribution in [3.8, 4) is 0 Å². The summed E-state index contributed by atoms with van der Waals surface area (Å²) in [5.41, 5.74) is 0.450. The molecule has 0 fully saturated rings. The molecular formula is C13H13F3N2. The Hall–Kier alpha value is -1.78. The fourth-order valence-corrected chi connectivity index (χ4v) is 1.89. The number of hydrogen-bond donors (Lipinski definition) is 1. The number of benzene rings is 1. The number of nitrogens with zero attached hydrogens (tertiary/aromatic N) is 1. The standard InChI is InChI=1S/C13H13F3N2/c1-3-17-11-7-9-8(2)5-4-6-10(9)18-12(11)13(14,15)16/h4-7,17H,3H2,1-2H3. The van der Waals surface area contributed by atoms with Gasteiger partial charge in [-0.1, -0.05) is 12.1 Å². The van der Waals surface area contributed by atoms with Crippen LogP contribution in [-0.4, -0.2) is 11.5 Å². The highest BCUT2D eigenvalue weighted by molar-refractivity contribution is 5.85. The zero-order valence-corrected chi connectivity index (χ0v) is 10.1. The number of fused-ring (bicyclic) bond motifs is 1. The number of anilines is 1. The van der Waals surface area contributed by atoms with Crippen LogP contribution < -0.4 is 5.32 Å². The van der Waals surface area contributed by atoms with Crippen LogP contribution in [0.4, 0.5) is 18.9 Å². The molecule has 18 heavy (non-hydrogen) atoms. The molecule has 1 aromatic heterocycles. The molecule has 2 rings (SSSR count). The number of aromatic nitrogens is 1. The normalized spacial score (nSPS) is 11.8. The van der Waals surface area contributed by atoms with Gasteiger partial charge in [0.25, 0.3) is 0 Å². The summed E-state index contributed by atoms with van der Waals surface area (Å²) in [5.74, 6) is 0. The van der Waals surface area contributed by atoms with Crippen molar-refractivity contribution in [3.05, 3.63) is 35.5 Å². The summed E-state index contributed by atoms with van der Waals surface area (Å²) in [6.07, 6.45) is -4.45. The number of rotatable bonds is 2. The van der Waals surface area contributed by atoms with E-state index >= 15 is 0 Å². The zero-order chi connectivity index (χ0) is 13.3. The van der Waals surface area contributed by atoms with E-state index < -0.39 is 11.9 Å². The third-order valence-electron chi connectivity index (χ3n) is 2.71. The molecule has 0 atom stereocenters. The van der Waals surface area contributed by atoms with Gasteiger partial charge < -0.3 is 5.32 Å². The second-order valence-electron chi connectivity index (χ2n) is 4.05. The molecule has 0 aliphatic rings. The van der Waals surface area contributed by atoms with Gasteiger partial charge in [-0.25, -0.2) is 4.98 Å². The number of nitrogens with one attached hydrogen (secondary N) is 1. The minimum atomic E-state index is -4.45. The maximum atomic E-state index is 12.9. The zero-order valence-electron chi connectivity index (χ0n) is 10.1. The average Bonchev–Trinajstić information content (AvgIpc) is 2.28. The molecule has 2 nitrogen and oxygen atoms in total. The van der Waals surface area contributed by atoms with Gasteiger partial charge in [-0.3, -0.25) is 0 Å². The van der Waals surface area contributed by atoms with Crippen LogP contribution in [0.5, 0.6) is 0 Å². The van der Waals surface area contributed by atoms with Gasteiger partial charge in [0.1, 0.15) is 0 Å². The first-order valence-electron chi connectivity index (χ1n) is 5.65. The smallest absolute Gasteiger partial charge is 0.384 e. The Morgan fingerprint density at radius 1 is 1.28 bits per heavy atom. The molecule has 0 aliphatic heterocycles. The average molecular weight is 254 g/mol. The molecular weight excluding hydrogens is 241 g/mol. The van der Waals surface area contributed by atoms with E-state index in [9.17, 15) is 13.2 Å². The molecule has 0 radical (unpaired) electrons. The molecule has 1 aromatic carbocycles. The van der Waals surface area contributed by atoms with Crippen LogP contribution in [0, 0.1) is 6.92 Å². The summed E-state index contributed by atoms with van der Waals surface area (Å²) in [7, 11) is 0. The molecule has 1 heterocycles. The molecule has 0 amide bonds. The molecule has 96 valence electrons. The fourth-order valence-electron chi connectivity index (χ4n) is 1.89. The van der Waals surface area contributed by atoms with E-state index in [1.54, 1.807) is 19.1 Å². The number of aryl methyl sites for hydroxylation is 1. The van der Waals surface area contributed by atoms with Gasteiger partial charge in [-0.05, 0) is 31.5 Å². The van der Waals surface area contributed by atoms with Gasteiger partial charge in [0.15, 0.2) is 5.69 Å². The maximum Gasteiger partial charge on any atom is 0.435 e. The van der Waals surface area contributed by atoms with Crippen LogP contribution in [0.25, 0.3) is 10.9 Å². The van der Waals surface area contributed by atoms with Crippen molar-refractivity contribution >= 4 is 16.6 Å². The quantitative estimate of drug-likeness (QED) is 0.876. The lowest BCUT2D eigenvalue weighted by Crippen LogP contribution is -2.13. The van der Waals surface area contributed by atoms with Gasteiger partial charge in [-0.15, -0.1) is 0 Å². The van der Waals surface area contributed by atoms with Crippen molar-refractivity contribution in [2.75, 3.05) is 11.9 Å². The SMILES string of the molecule is CCNc1cc2c(C)cccc2nc1C(F)(F)F. The van der Waals surface area contributed by atoms with Crippen molar-refractivity contribution in [3.63, 3.8) is 0 Å². The molecule has 0 bridgehead atoms. The summed E-state index contributed by atoms with van der Waals surface area (Å²) < 4.78 is 38.7. The molecule has 0 spiro atoms. The van der Waals surface area contributed by atoms with Crippen LogP contribution in [-0.2, 0) is 6.18 Å². The van der Waals surface area contributed by atoms with Crippen LogP contribution >= 0.6 is 0 Å². The number of hydrogen-bond acceptors (Lipinski definition) is 2. The molecule has 5 heteroatoms. The van der Waals surface area contributed by atoms with Gasteiger partial charge in [0.2, 0.25) is 0 Å². The first-order chi connectivity index (χ1) is 8.43. The molecule has 2 aromatic rings. The van der Waals surface area contributed by atoms with Gasteiger partial charge in [-0.2, -0.15) is 13.2 Å². The molecule has 0 saturated carbocycles. The van der Waals surface area contributed by atoms with Crippen molar-refractivity contribution in [1.82, 2.24) is 4.98 Å². The van der Waals surface area contributed by atoms with Crippen molar-refractivity contribution in [2.24, 2.45) is 0 Å². The summed E-state index contributed by atoms with van der Waals surface area (Å²) in [6.45, 7) is 4.03. The lowest BCUT2D eigenvalue weighted by molar-refractivity contribution is -0.140. The summed E-state index contributed by atoms with van der Waals surface area (Å²) >= 11 is 0. The largest absolute Gasteiger partial charge is 0.435 e. The Balaban J connectivity index is 2.73. The molecule has 1 N–H and O–H groups in total. The van der Waals surface area contributed by atoms with Crippen molar-refractivity contribution in [2.45, 2.75) is 20.0 Å². The topological polar surface area (TPSA) is 24.9 Å². The highest BCUT2D eigenvalue weighted by atomic mass is 19.4. The Morgan fingerprint density at radius 3 is 2.61 bits per heavy atom. The summed E-state index contributed by atoms with van der Waals surface area (Å²) in [5, 5.41) is 3.46. The Morgan fingerprint density at radius 2 is 2.00 bits per heavy atom. The second kappa shape index (κ2) is 4.48. The van der Waals surface area contributed by atoms with E-state index in [1.807, 2.05) is 13.0 Å². The lowest BCUT2D eigenvalue weighted by atomic mass is 10.1. The van der Waals surface area contributed by atoms with Gasteiger partial charge in [0, 0.05) is 11.9 Å². The Bertz CT molecular complexity index is 576. The van der Waals surface area contributed by atoms with Crippen molar-refractivity contribution in [1.29, 1.82) is 0 Å². The van der Waals surface area contributed by atoms with Crippen LogP contribution in [0.3, 0.4) is 0 Å². The number of pyridine rings is 1. The van der Waals surface area contributed by atoms with E-state index in [1.165, 1.54) is 6.07 Å². The monoisotopic (exact) mass is 254 g/mol. The van der Waals surface area contributed by atoms with E-state index in [0.29, 0.717) is 12.1 Å². The Labute approximate surface area is 103 Å². The Kier molecular flexibility index (Phi) is 3.15. The first kappa shape index (κ1) is 12.7. The number of alkyl halides is 3. The van der Waals surface area contributed by atoms with Crippen LogP contribution in [0.2, 0.25) is 0 Å².